The summed E-state index contributed by atoms with van der Waals surface area (Å²) in [6, 6.07) is -5.75. The van der Waals surface area contributed by atoms with Crippen LogP contribution in [-0.2, 0) is 35.2 Å². The van der Waals surface area contributed by atoms with Crippen molar-refractivity contribution in [1.82, 2.24) is 25.9 Å². The minimum absolute atomic E-state index is 0.0572. The second-order valence-corrected chi connectivity index (χ2v) is 8.01. The number of aliphatic hydroxyl groups excluding tert-OH is 1. The smallest absolute Gasteiger partial charge is 0.326 e. The van der Waals surface area contributed by atoms with Crippen molar-refractivity contribution in [3.05, 3.63) is 18.2 Å². The number of carbonyl (C=O) groups excluding carboxylic acids is 4. The van der Waals surface area contributed by atoms with Crippen LogP contribution in [0.2, 0.25) is 0 Å². The van der Waals surface area contributed by atoms with Crippen LogP contribution in [0.5, 0.6) is 0 Å². The number of amides is 4. The van der Waals surface area contributed by atoms with Crippen LogP contribution in [0.1, 0.15) is 38.3 Å². The number of imidazole rings is 1. The number of aliphatic carboxylic acids is 2. The Morgan fingerprint density at radius 1 is 0.972 bits per heavy atom. The summed E-state index contributed by atoms with van der Waals surface area (Å²) in [6.07, 6.45) is -0.173. The first-order valence-corrected chi connectivity index (χ1v) is 10.9. The van der Waals surface area contributed by atoms with Gasteiger partial charge < -0.3 is 47.7 Å². The lowest BCUT2D eigenvalue weighted by Crippen LogP contribution is -2.60. The summed E-state index contributed by atoms with van der Waals surface area (Å²) in [4.78, 5) is 77.9. The normalized spacial score (nSPS) is 15.0. The molecule has 0 aliphatic carbocycles. The molecular formula is C20H31N7O9. The fourth-order valence-corrected chi connectivity index (χ4v) is 3.01. The Balaban J connectivity index is 2.93. The van der Waals surface area contributed by atoms with Gasteiger partial charge in [-0.05, 0) is 19.8 Å². The van der Waals surface area contributed by atoms with E-state index in [4.69, 9.17) is 16.6 Å². The molecule has 11 N–H and O–H groups in total. The molecule has 0 spiro atoms. The third-order valence-electron chi connectivity index (χ3n) is 4.97. The molecule has 1 aromatic rings. The van der Waals surface area contributed by atoms with E-state index in [9.17, 15) is 39.0 Å². The number of nitrogens with one attached hydrogen (secondary N) is 4. The molecule has 0 fully saturated rings. The molecule has 5 atom stereocenters. The summed E-state index contributed by atoms with van der Waals surface area (Å²) in [5.74, 6) is -6.40. The number of carboxylic acid groups (broad SMARTS) is 2. The van der Waals surface area contributed by atoms with E-state index in [0.29, 0.717) is 5.69 Å². The van der Waals surface area contributed by atoms with Crippen molar-refractivity contribution in [2.75, 3.05) is 0 Å². The number of nitrogens with two attached hydrogens (primary N) is 2. The molecule has 1 rings (SSSR count). The van der Waals surface area contributed by atoms with E-state index < -0.39 is 78.7 Å². The van der Waals surface area contributed by atoms with Crippen LogP contribution < -0.4 is 27.4 Å². The zero-order valence-electron chi connectivity index (χ0n) is 19.5. The largest absolute Gasteiger partial charge is 0.481 e. The van der Waals surface area contributed by atoms with Gasteiger partial charge in [-0.25, -0.2) is 9.78 Å². The van der Waals surface area contributed by atoms with Gasteiger partial charge in [0.05, 0.1) is 18.5 Å². The highest BCUT2D eigenvalue weighted by Crippen LogP contribution is 2.05. The number of primary amides is 1. The van der Waals surface area contributed by atoms with Crippen LogP contribution in [0.15, 0.2) is 12.5 Å². The first-order chi connectivity index (χ1) is 16.8. The minimum atomic E-state index is -1.67. The van der Waals surface area contributed by atoms with E-state index in [0.717, 1.165) is 6.92 Å². The molecule has 16 nitrogen and oxygen atoms in total. The number of aliphatic hydroxyl groups is 1. The van der Waals surface area contributed by atoms with Gasteiger partial charge in [-0.3, -0.25) is 24.0 Å². The Kier molecular flexibility index (Phi) is 12.0. The lowest BCUT2D eigenvalue weighted by Gasteiger charge is -2.26. The molecule has 0 aliphatic heterocycles. The average molecular weight is 514 g/mol. The average Bonchev–Trinajstić information content (AvgIpc) is 3.29. The van der Waals surface area contributed by atoms with Crippen molar-refractivity contribution in [3.63, 3.8) is 0 Å². The molecule has 0 saturated carbocycles. The number of H-pyrrole nitrogens is 1. The highest BCUT2D eigenvalue weighted by molar-refractivity contribution is 5.94. The maximum absolute atomic E-state index is 12.9. The summed E-state index contributed by atoms with van der Waals surface area (Å²) >= 11 is 0. The van der Waals surface area contributed by atoms with Gasteiger partial charge in [-0.1, -0.05) is 0 Å². The number of aromatic nitrogens is 2. The molecule has 0 radical (unpaired) electrons. The lowest BCUT2D eigenvalue weighted by atomic mass is 10.1. The Morgan fingerprint density at radius 2 is 1.58 bits per heavy atom. The SMILES string of the molecule is CC(O)C(NC(=O)C(CCC(N)=O)NC(=O)C(N)Cc1cnc[nH]1)C(=O)NC(CCC(=O)O)C(=O)O. The van der Waals surface area contributed by atoms with E-state index in [-0.39, 0.29) is 19.3 Å². The molecule has 0 aromatic carbocycles. The molecule has 200 valence electrons. The van der Waals surface area contributed by atoms with Gasteiger partial charge in [-0.15, -0.1) is 0 Å². The van der Waals surface area contributed by atoms with E-state index in [1.165, 1.54) is 12.5 Å². The highest BCUT2D eigenvalue weighted by Gasteiger charge is 2.33. The highest BCUT2D eigenvalue weighted by atomic mass is 16.4. The Bertz CT molecular complexity index is 936. The number of rotatable bonds is 16. The van der Waals surface area contributed by atoms with Gasteiger partial charge in [0.15, 0.2) is 0 Å². The van der Waals surface area contributed by atoms with Gasteiger partial charge in [0.2, 0.25) is 23.6 Å². The van der Waals surface area contributed by atoms with Gasteiger partial charge >= 0.3 is 11.9 Å². The Hall–Kier alpha value is -4.05. The molecular weight excluding hydrogens is 482 g/mol. The van der Waals surface area contributed by atoms with Crippen LogP contribution in [-0.4, -0.2) is 91.1 Å². The zero-order valence-corrected chi connectivity index (χ0v) is 19.5. The Morgan fingerprint density at radius 3 is 2.08 bits per heavy atom. The summed E-state index contributed by atoms with van der Waals surface area (Å²) in [5.41, 5.74) is 11.5. The van der Waals surface area contributed by atoms with E-state index >= 15 is 0 Å². The maximum atomic E-state index is 12.9. The molecule has 4 amide bonds. The summed E-state index contributed by atoms with van der Waals surface area (Å²) in [6.45, 7) is 1.15. The summed E-state index contributed by atoms with van der Waals surface area (Å²) in [7, 11) is 0. The third kappa shape index (κ3) is 10.5. The lowest BCUT2D eigenvalue weighted by molar-refractivity contribution is -0.144. The zero-order chi connectivity index (χ0) is 27.4. The number of nitrogens with zero attached hydrogens (tertiary/aromatic N) is 1. The quantitative estimate of drug-likeness (QED) is 0.104. The number of carboxylic acids is 2. The van der Waals surface area contributed by atoms with E-state index in [1.807, 2.05) is 0 Å². The van der Waals surface area contributed by atoms with Crippen molar-refractivity contribution >= 4 is 35.6 Å². The molecule has 0 bridgehead atoms. The van der Waals surface area contributed by atoms with Crippen molar-refractivity contribution < 1.29 is 44.1 Å². The van der Waals surface area contributed by atoms with Crippen LogP contribution in [0, 0.1) is 0 Å². The molecule has 16 heteroatoms. The molecule has 5 unspecified atom stereocenters. The fourth-order valence-electron chi connectivity index (χ4n) is 3.01. The predicted octanol–water partition coefficient (Wildman–Crippen LogP) is -3.67. The number of hydrogen-bond donors (Lipinski definition) is 9. The van der Waals surface area contributed by atoms with Crippen LogP contribution in [0.25, 0.3) is 0 Å². The molecule has 36 heavy (non-hydrogen) atoms. The van der Waals surface area contributed by atoms with Gasteiger partial charge in [0.1, 0.15) is 18.1 Å². The monoisotopic (exact) mass is 513 g/mol. The van der Waals surface area contributed by atoms with Gasteiger partial charge in [0, 0.05) is 31.2 Å². The first-order valence-electron chi connectivity index (χ1n) is 10.9. The second-order valence-electron chi connectivity index (χ2n) is 8.01. The first kappa shape index (κ1) is 30.0. The fraction of sp³-hybridized carbons (Fsp3) is 0.550. The van der Waals surface area contributed by atoms with Gasteiger partial charge in [0.25, 0.3) is 0 Å². The summed E-state index contributed by atoms with van der Waals surface area (Å²) < 4.78 is 0. The molecule has 1 aromatic heterocycles. The molecule has 0 aliphatic rings. The summed E-state index contributed by atoms with van der Waals surface area (Å²) in [5, 5.41) is 34.6. The minimum Gasteiger partial charge on any atom is -0.481 e. The van der Waals surface area contributed by atoms with Crippen molar-refractivity contribution in [2.45, 2.75) is 69.3 Å². The number of aromatic amines is 1. The maximum Gasteiger partial charge on any atom is 0.326 e. The van der Waals surface area contributed by atoms with Crippen LogP contribution in [0.3, 0.4) is 0 Å². The predicted molar refractivity (Wildman–Crippen MR) is 121 cm³/mol. The second kappa shape index (κ2) is 14.4. The molecule has 1 heterocycles. The van der Waals surface area contributed by atoms with Crippen molar-refractivity contribution in [3.8, 4) is 0 Å². The third-order valence-corrected chi connectivity index (χ3v) is 4.97. The van der Waals surface area contributed by atoms with Crippen molar-refractivity contribution in [1.29, 1.82) is 0 Å². The standard InChI is InChI=1S/C20H31N7O9/c1-9(28)16(19(34)26-13(20(35)36)3-5-15(30)31)27-18(33)12(2-4-14(22)29)25-17(32)11(21)6-10-7-23-8-24-10/h7-9,11-13,16,28H,2-6,21H2,1H3,(H2,22,29)(H,23,24)(H,25,32)(H,26,34)(H,27,33)(H,30,31)(H,35,36). The van der Waals surface area contributed by atoms with E-state index in [2.05, 4.69) is 25.9 Å². The molecule has 0 saturated heterocycles. The Labute approximate surface area is 205 Å². The van der Waals surface area contributed by atoms with E-state index in [1.54, 1.807) is 0 Å². The van der Waals surface area contributed by atoms with Crippen LogP contribution in [0.4, 0.5) is 0 Å². The number of hydrogen-bond acceptors (Lipinski definition) is 9. The van der Waals surface area contributed by atoms with Crippen molar-refractivity contribution in [2.24, 2.45) is 11.5 Å². The van der Waals surface area contributed by atoms with Gasteiger partial charge in [-0.2, -0.15) is 0 Å². The number of carbonyl (C=O) groups is 6. The topological polar surface area (TPSA) is 280 Å². The van der Waals surface area contributed by atoms with Crippen LogP contribution >= 0.6 is 0 Å².